The second-order valence-corrected chi connectivity index (χ2v) is 12.1. The number of hydrogen-bond donors (Lipinski definition) is 1. The summed E-state index contributed by atoms with van der Waals surface area (Å²) in [7, 11) is 0. The molecule has 3 aromatic heterocycles. The van der Waals surface area contributed by atoms with Crippen LogP contribution in [0.5, 0.6) is 11.1 Å². The van der Waals surface area contributed by atoms with E-state index in [1.165, 1.54) is 17.4 Å². The Morgan fingerprint density at radius 1 is 1.11 bits per heavy atom. The van der Waals surface area contributed by atoms with Crippen LogP contribution in [0.15, 0.2) is 48.5 Å². The van der Waals surface area contributed by atoms with Gasteiger partial charge in [-0.3, -0.25) is 0 Å². The maximum atomic E-state index is 15.6. The van der Waals surface area contributed by atoms with Gasteiger partial charge in [0.15, 0.2) is 5.01 Å². The summed E-state index contributed by atoms with van der Waals surface area (Å²) in [6, 6.07) is 11.6. The predicted octanol–water partition coefficient (Wildman–Crippen LogP) is 6.09. The van der Waals surface area contributed by atoms with Gasteiger partial charge in [0.05, 0.1) is 48.2 Å². The summed E-state index contributed by atoms with van der Waals surface area (Å²) < 4.78 is 49.9. The van der Waals surface area contributed by atoms with Gasteiger partial charge in [-0.1, -0.05) is 36.3 Å². The van der Waals surface area contributed by atoms with Gasteiger partial charge < -0.3 is 23.9 Å². The minimum Gasteiger partial charge on any atom is -0.478 e. The number of carbonyl (C=O) groups is 1. The van der Waals surface area contributed by atoms with Crippen LogP contribution in [0.4, 0.5) is 8.78 Å². The van der Waals surface area contributed by atoms with Crippen LogP contribution >= 0.6 is 11.3 Å². The number of benzene rings is 2. The first-order valence-electron chi connectivity index (χ1n) is 14.0. The number of carboxylic acid groups (broad SMARTS) is 1. The second-order valence-electron chi connectivity index (χ2n) is 11.1. The number of aromatic carboxylic acids is 1. The molecule has 6 rings (SSSR count). The molecule has 228 valence electrons. The highest BCUT2D eigenvalue weighted by atomic mass is 32.1. The lowest BCUT2D eigenvalue weighted by Crippen LogP contribution is -2.27. The van der Waals surface area contributed by atoms with Crippen LogP contribution in [-0.4, -0.2) is 55.6 Å². The number of rotatable bonds is 10. The number of fused-ring (bicyclic) bond motifs is 1. The largest absolute Gasteiger partial charge is 0.478 e. The van der Waals surface area contributed by atoms with Crippen molar-refractivity contribution in [1.29, 1.82) is 0 Å². The predicted molar refractivity (Wildman–Crippen MR) is 158 cm³/mol. The van der Waals surface area contributed by atoms with Crippen molar-refractivity contribution in [3.63, 3.8) is 0 Å². The Labute approximate surface area is 255 Å². The lowest BCUT2D eigenvalue weighted by molar-refractivity contribution is 0.0697. The maximum Gasteiger partial charge on any atom is 0.335 e. The molecule has 1 fully saturated rings. The smallest absolute Gasteiger partial charge is 0.335 e. The van der Waals surface area contributed by atoms with E-state index < -0.39 is 17.6 Å². The summed E-state index contributed by atoms with van der Waals surface area (Å²) in [5, 5.41) is 18.5. The summed E-state index contributed by atoms with van der Waals surface area (Å²) in [6.45, 7) is 7.40. The Bertz CT molecular complexity index is 1860. The molecular weight excluding hydrogens is 592 g/mol. The molecule has 10 nitrogen and oxygen atoms in total. The van der Waals surface area contributed by atoms with E-state index >= 15 is 8.78 Å². The van der Waals surface area contributed by atoms with Gasteiger partial charge in [-0.25, -0.2) is 23.5 Å². The van der Waals surface area contributed by atoms with Crippen LogP contribution in [-0.2, 0) is 17.8 Å². The molecule has 44 heavy (non-hydrogen) atoms. The minimum atomic E-state index is -1.06. The number of aromatic nitrogens is 5. The molecule has 0 saturated carbocycles. The van der Waals surface area contributed by atoms with E-state index in [-0.39, 0.29) is 52.7 Å². The molecule has 0 unspecified atom stereocenters. The Kier molecular flexibility index (Phi) is 7.99. The highest BCUT2D eigenvalue weighted by Crippen LogP contribution is 2.40. The molecule has 1 N–H and O–H groups in total. The van der Waals surface area contributed by atoms with Crippen molar-refractivity contribution in [3.8, 4) is 22.3 Å². The fraction of sp³-hybridized carbons (Fsp3) is 0.323. The molecule has 1 atom stereocenters. The van der Waals surface area contributed by atoms with Crippen molar-refractivity contribution in [2.45, 2.75) is 39.8 Å². The van der Waals surface area contributed by atoms with Crippen molar-refractivity contribution in [3.05, 3.63) is 82.1 Å². The van der Waals surface area contributed by atoms with E-state index in [9.17, 15) is 9.90 Å². The highest BCUT2D eigenvalue weighted by Gasteiger charge is 2.39. The first-order chi connectivity index (χ1) is 21.1. The molecule has 5 aromatic rings. The standard InChI is InChI=1S/C31H29F2N5O5S/c1-4-42-30-37-36-28(44-30)15-43-27-7-5-6-22(35-27)19-13-20(32)18(10-21(19)33)12-26-34-23-9-8-17(29(39)40)11-24(23)38(26)25-14-41-16-31(25,2)3/h5-11,13,25H,4,12,14-16H2,1-3H3,(H,39,40)/t25-/m1/s1. The van der Waals surface area contributed by atoms with E-state index in [1.54, 1.807) is 30.3 Å². The van der Waals surface area contributed by atoms with Crippen LogP contribution in [0, 0.1) is 17.0 Å². The van der Waals surface area contributed by atoms with Crippen LogP contribution in [0.25, 0.3) is 22.3 Å². The maximum absolute atomic E-state index is 15.6. The Morgan fingerprint density at radius 3 is 2.70 bits per heavy atom. The highest BCUT2D eigenvalue weighted by molar-refractivity contribution is 7.13. The topological polar surface area (TPSA) is 121 Å². The van der Waals surface area contributed by atoms with E-state index in [1.807, 2.05) is 25.3 Å². The first-order valence-corrected chi connectivity index (χ1v) is 14.8. The van der Waals surface area contributed by atoms with Gasteiger partial charge in [-0.05, 0) is 48.9 Å². The summed E-state index contributed by atoms with van der Waals surface area (Å²) in [5.74, 6) is -1.65. The molecular formula is C31H29F2N5O5S. The molecule has 4 heterocycles. The molecule has 0 amide bonds. The Balaban J connectivity index is 1.29. The van der Waals surface area contributed by atoms with E-state index in [2.05, 4.69) is 15.2 Å². The zero-order valence-corrected chi connectivity index (χ0v) is 25.0. The number of nitrogens with zero attached hydrogens (tertiary/aromatic N) is 5. The number of ether oxygens (including phenoxy) is 3. The van der Waals surface area contributed by atoms with Crippen LogP contribution in [0.2, 0.25) is 0 Å². The zero-order valence-electron chi connectivity index (χ0n) is 24.2. The third kappa shape index (κ3) is 5.84. The lowest BCUT2D eigenvalue weighted by atomic mass is 9.87. The fourth-order valence-corrected chi connectivity index (χ4v) is 5.94. The van der Waals surface area contributed by atoms with Gasteiger partial charge in [-0.2, -0.15) is 0 Å². The number of hydrogen-bond acceptors (Lipinski definition) is 9. The van der Waals surface area contributed by atoms with Crippen LogP contribution < -0.4 is 9.47 Å². The molecule has 0 bridgehead atoms. The quantitative estimate of drug-likeness (QED) is 0.197. The van der Waals surface area contributed by atoms with Crippen molar-refractivity contribution in [1.82, 2.24) is 24.7 Å². The minimum absolute atomic E-state index is 0.0174. The van der Waals surface area contributed by atoms with Crippen molar-refractivity contribution in [2.24, 2.45) is 5.41 Å². The molecule has 1 aliphatic heterocycles. The molecule has 0 radical (unpaired) electrons. The first kappa shape index (κ1) is 29.6. The zero-order chi connectivity index (χ0) is 31.0. The summed E-state index contributed by atoms with van der Waals surface area (Å²) >= 11 is 1.25. The Hall–Kier alpha value is -4.49. The van der Waals surface area contributed by atoms with Gasteiger partial charge in [0.25, 0.3) is 5.19 Å². The second kappa shape index (κ2) is 11.9. The Morgan fingerprint density at radius 2 is 1.95 bits per heavy atom. The SMILES string of the molecule is CCOc1nnc(COc2cccc(-c3cc(F)c(Cc4nc5ccc(C(=O)O)cc5n4[C@@H]4COCC4(C)C)cc3F)n2)s1. The van der Waals surface area contributed by atoms with E-state index in [0.717, 1.165) is 12.1 Å². The normalized spacial score (nSPS) is 16.0. The average molecular weight is 622 g/mol. The third-order valence-corrected chi connectivity index (χ3v) is 8.33. The van der Waals surface area contributed by atoms with Gasteiger partial charge in [0.1, 0.15) is 24.1 Å². The van der Waals surface area contributed by atoms with Crippen molar-refractivity contribution in [2.75, 3.05) is 19.8 Å². The van der Waals surface area contributed by atoms with E-state index in [0.29, 0.717) is 46.9 Å². The van der Waals surface area contributed by atoms with Crippen molar-refractivity contribution < 1.29 is 32.9 Å². The van der Waals surface area contributed by atoms with Crippen LogP contribution in [0.3, 0.4) is 0 Å². The fourth-order valence-electron chi connectivity index (χ4n) is 5.28. The molecule has 13 heteroatoms. The summed E-state index contributed by atoms with van der Waals surface area (Å²) in [4.78, 5) is 20.8. The molecule has 1 saturated heterocycles. The lowest BCUT2D eigenvalue weighted by Gasteiger charge is -2.28. The van der Waals surface area contributed by atoms with Crippen molar-refractivity contribution >= 4 is 28.3 Å². The van der Waals surface area contributed by atoms with Crippen LogP contribution in [0.1, 0.15) is 53.6 Å². The van der Waals surface area contributed by atoms with Gasteiger partial charge >= 0.3 is 5.97 Å². The van der Waals surface area contributed by atoms with Gasteiger partial charge in [0.2, 0.25) is 5.88 Å². The monoisotopic (exact) mass is 621 g/mol. The summed E-state index contributed by atoms with van der Waals surface area (Å²) in [5.41, 5.74) is 1.27. The molecule has 1 aliphatic rings. The molecule has 0 spiro atoms. The van der Waals surface area contributed by atoms with E-state index in [4.69, 9.17) is 19.2 Å². The third-order valence-electron chi connectivity index (χ3n) is 7.52. The van der Waals surface area contributed by atoms with Gasteiger partial charge in [0, 0.05) is 23.5 Å². The number of imidazole rings is 1. The van der Waals surface area contributed by atoms with Gasteiger partial charge in [-0.15, -0.1) is 5.10 Å². The molecule has 0 aliphatic carbocycles. The molecule has 2 aromatic carbocycles. The number of pyridine rings is 1. The average Bonchev–Trinajstić information content (AvgIpc) is 3.69. The summed E-state index contributed by atoms with van der Waals surface area (Å²) in [6.07, 6.45) is -0.0190. The number of carboxylic acids is 1. The number of halogens is 2.